The van der Waals surface area contributed by atoms with Crippen molar-refractivity contribution >= 4 is 29.9 Å². The minimum absolute atomic E-state index is 0. The van der Waals surface area contributed by atoms with Gasteiger partial charge in [-0.3, -0.25) is 0 Å². The molecular formula is C11H23IN4O. The second-order valence-corrected chi connectivity index (χ2v) is 4.29. The summed E-state index contributed by atoms with van der Waals surface area (Å²) in [6.07, 6.45) is 0.192. The quantitative estimate of drug-likeness (QED) is 0.332. The Kier molecular flexibility index (Phi) is 8.53. The molecule has 100 valence electrons. The molecule has 3 N–H and O–H groups in total. The van der Waals surface area contributed by atoms with Crippen LogP contribution in [0.15, 0.2) is 17.1 Å². The van der Waals surface area contributed by atoms with Gasteiger partial charge in [0.15, 0.2) is 5.96 Å². The molecule has 0 aromatic heterocycles. The van der Waals surface area contributed by atoms with Gasteiger partial charge in [-0.15, -0.1) is 24.0 Å². The third-order valence-electron chi connectivity index (χ3n) is 2.37. The fourth-order valence-electron chi connectivity index (χ4n) is 1.48. The number of nitrogens with two attached hydrogens (primary N) is 1. The van der Waals surface area contributed by atoms with Crippen LogP contribution in [0.2, 0.25) is 0 Å². The van der Waals surface area contributed by atoms with Crippen LogP contribution < -0.4 is 11.1 Å². The molecule has 1 saturated heterocycles. The lowest BCUT2D eigenvalue weighted by Crippen LogP contribution is -2.47. The lowest BCUT2D eigenvalue weighted by atomic mass is 10.3. The summed E-state index contributed by atoms with van der Waals surface area (Å²) in [6.45, 7) is 9.68. The highest BCUT2D eigenvalue weighted by molar-refractivity contribution is 14.0. The van der Waals surface area contributed by atoms with Crippen LogP contribution in [0.3, 0.4) is 0 Å². The Morgan fingerprint density at radius 1 is 1.65 bits per heavy atom. The lowest BCUT2D eigenvalue weighted by Gasteiger charge is -2.30. The number of morpholine rings is 1. The SMILES string of the molecule is C=C(C)CN=C(N)NCC1CN(C)CCO1.I. The van der Waals surface area contributed by atoms with Gasteiger partial charge in [0.1, 0.15) is 0 Å². The van der Waals surface area contributed by atoms with Gasteiger partial charge in [-0.25, -0.2) is 4.99 Å². The molecule has 1 atom stereocenters. The number of likely N-dealkylation sites (N-methyl/N-ethyl adjacent to an activating group) is 1. The van der Waals surface area contributed by atoms with Gasteiger partial charge in [-0.05, 0) is 14.0 Å². The van der Waals surface area contributed by atoms with Crippen molar-refractivity contribution in [1.29, 1.82) is 0 Å². The van der Waals surface area contributed by atoms with Crippen molar-refractivity contribution in [2.24, 2.45) is 10.7 Å². The highest BCUT2D eigenvalue weighted by atomic mass is 127. The minimum atomic E-state index is 0. The van der Waals surface area contributed by atoms with Crippen molar-refractivity contribution in [3.8, 4) is 0 Å². The van der Waals surface area contributed by atoms with Crippen LogP contribution in [-0.2, 0) is 4.74 Å². The molecule has 1 heterocycles. The van der Waals surface area contributed by atoms with Gasteiger partial charge >= 0.3 is 0 Å². The second-order valence-electron chi connectivity index (χ2n) is 4.29. The summed E-state index contributed by atoms with van der Waals surface area (Å²) in [5.41, 5.74) is 6.70. The van der Waals surface area contributed by atoms with Gasteiger partial charge in [-0.1, -0.05) is 12.2 Å². The van der Waals surface area contributed by atoms with E-state index in [-0.39, 0.29) is 30.1 Å². The minimum Gasteiger partial charge on any atom is -0.374 e. The smallest absolute Gasteiger partial charge is 0.188 e. The van der Waals surface area contributed by atoms with Crippen molar-refractivity contribution in [2.75, 3.05) is 39.8 Å². The normalized spacial score (nSPS) is 21.8. The third-order valence-corrected chi connectivity index (χ3v) is 2.37. The van der Waals surface area contributed by atoms with Crippen LogP contribution in [0.5, 0.6) is 0 Å². The van der Waals surface area contributed by atoms with Crippen LogP contribution in [0, 0.1) is 0 Å². The number of nitrogens with zero attached hydrogens (tertiary/aromatic N) is 2. The Hall–Kier alpha value is -0.340. The molecule has 0 bridgehead atoms. The molecule has 1 unspecified atom stereocenters. The van der Waals surface area contributed by atoms with Crippen LogP contribution in [0.1, 0.15) is 6.92 Å². The summed E-state index contributed by atoms with van der Waals surface area (Å²) < 4.78 is 5.59. The van der Waals surface area contributed by atoms with E-state index < -0.39 is 0 Å². The number of aliphatic imine (C=N–C) groups is 1. The molecule has 0 aromatic rings. The Morgan fingerprint density at radius 2 is 2.35 bits per heavy atom. The van der Waals surface area contributed by atoms with Gasteiger partial charge in [-0.2, -0.15) is 0 Å². The van der Waals surface area contributed by atoms with Crippen LogP contribution >= 0.6 is 24.0 Å². The van der Waals surface area contributed by atoms with E-state index in [0.29, 0.717) is 19.0 Å². The third kappa shape index (κ3) is 7.56. The first kappa shape index (κ1) is 16.7. The molecule has 5 nitrogen and oxygen atoms in total. The van der Waals surface area contributed by atoms with Crippen molar-refractivity contribution in [2.45, 2.75) is 13.0 Å². The predicted molar refractivity (Wildman–Crippen MR) is 82.0 cm³/mol. The van der Waals surface area contributed by atoms with Crippen molar-refractivity contribution in [3.05, 3.63) is 12.2 Å². The van der Waals surface area contributed by atoms with E-state index >= 15 is 0 Å². The van der Waals surface area contributed by atoms with E-state index in [1.54, 1.807) is 0 Å². The maximum Gasteiger partial charge on any atom is 0.188 e. The van der Waals surface area contributed by atoms with Gasteiger partial charge in [0.2, 0.25) is 0 Å². The first-order valence-electron chi connectivity index (χ1n) is 5.56. The maximum atomic E-state index is 5.70. The molecule has 1 fully saturated rings. The Morgan fingerprint density at radius 3 is 2.94 bits per heavy atom. The molecule has 0 saturated carbocycles. The number of halogens is 1. The fourth-order valence-corrected chi connectivity index (χ4v) is 1.48. The number of ether oxygens (including phenoxy) is 1. The molecule has 6 heteroatoms. The van der Waals surface area contributed by atoms with Gasteiger partial charge in [0, 0.05) is 19.6 Å². The average molecular weight is 354 g/mol. The van der Waals surface area contributed by atoms with E-state index in [1.807, 2.05) is 6.92 Å². The second kappa shape index (κ2) is 8.71. The van der Waals surface area contributed by atoms with Crippen LogP contribution in [0.25, 0.3) is 0 Å². The molecule has 1 aliphatic rings. The highest BCUT2D eigenvalue weighted by Gasteiger charge is 2.17. The van der Waals surface area contributed by atoms with E-state index in [0.717, 1.165) is 25.3 Å². The standard InChI is InChI=1S/C11H22N4O.HI/c1-9(2)6-13-11(12)14-7-10-8-15(3)4-5-16-10;/h10H,1,4-8H2,2-3H3,(H3,12,13,14);1H. The van der Waals surface area contributed by atoms with E-state index in [2.05, 4.69) is 28.8 Å². The maximum absolute atomic E-state index is 5.70. The zero-order valence-electron chi connectivity index (χ0n) is 10.6. The lowest BCUT2D eigenvalue weighted by molar-refractivity contribution is -0.0160. The number of guanidine groups is 1. The van der Waals surface area contributed by atoms with E-state index in [1.165, 1.54) is 0 Å². The molecule has 0 radical (unpaired) electrons. The van der Waals surface area contributed by atoms with E-state index in [4.69, 9.17) is 10.5 Å². The van der Waals surface area contributed by atoms with Gasteiger partial charge in [0.05, 0.1) is 19.3 Å². The van der Waals surface area contributed by atoms with E-state index in [9.17, 15) is 0 Å². The topological polar surface area (TPSA) is 62.9 Å². The molecular weight excluding hydrogens is 331 g/mol. The summed E-state index contributed by atoms with van der Waals surface area (Å²) >= 11 is 0. The molecule has 17 heavy (non-hydrogen) atoms. The van der Waals surface area contributed by atoms with Gasteiger partial charge < -0.3 is 20.7 Å². The summed E-state index contributed by atoms with van der Waals surface area (Å²) in [5.74, 6) is 0.458. The highest BCUT2D eigenvalue weighted by Crippen LogP contribution is 2.01. The zero-order valence-corrected chi connectivity index (χ0v) is 12.9. The van der Waals surface area contributed by atoms with Crippen molar-refractivity contribution in [1.82, 2.24) is 10.2 Å². The molecule has 0 aromatic carbocycles. The molecule has 1 aliphatic heterocycles. The molecule has 0 aliphatic carbocycles. The first-order valence-corrected chi connectivity index (χ1v) is 5.56. The number of nitrogens with one attached hydrogen (secondary N) is 1. The number of rotatable bonds is 4. The summed E-state index contributed by atoms with van der Waals surface area (Å²) in [5, 5.41) is 3.06. The zero-order chi connectivity index (χ0) is 12.0. The summed E-state index contributed by atoms with van der Waals surface area (Å²) in [6, 6.07) is 0. The number of hydrogen-bond donors (Lipinski definition) is 2. The van der Waals surface area contributed by atoms with Crippen molar-refractivity contribution in [3.63, 3.8) is 0 Å². The Labute approximate surface area is 120 Å². The summed E-state index contributed by atoms with van der Waals surface area (Å²) in [4.78, 5) is 6.39. The Bertz CT molecular complexity index is 270. The number of hydrogen-bond acceptors (Lipinski definition) is 3. The van der Waals surface area contributed by atoms with Gasteiger partial charge in [0.25, 0.3) is 0 Å². The molecule has 0 amide bonds. The monoisotopic (exact) mass is 354 g/mol. The summed E-state index contributed by atoms with van der Waals surface area (Å²) in [7, 11) is 2.09. The first-order chi connectivity index (χ1) is 7.58. The Balaban J connectivity index is 0.00000256. The average Bonchev–Trinajstić information content (AvgIpc) is 2.23. The predicted octanol–water partition coefficient (Wildman–Crippen LogP) is 0.415. The largest absolute Gasteiger partial charge is 0.374 e. The van der Waals surface area contributed by atoms with Crippen molar-refractivity contribution < 1.29 is 4.74 Å². The molecule has 0 spiro atoms. The van der Waals surface area contributed by atoms with Crippen LogP contribution in [0.4, 0.5) is 0 Å². The van der Waals surface area contributed by atoms with Crippen LogP contribution in [-0.4, -0.2) is 56.8 Å². The fraction of sp³-hybridized carbons (Fsp3) is 0.727. The molecule has 1 rings (SSSR count).